The van der Waals surface area contributed by atoms with Crippen LogP contribution in [0, 0.1) is 6.92 Å². The summed E-state index contributed by atoms with van der Waals surface area (Å²) in [4.78, 5) is 28.3. The quantitative estimate of drug-likeness (QED) is 0.307. The molecule has 3 aromatic rings. The number of ketones is 1. The molecule has 2 atom stereocenters. The van der Waals surface area contributed by atoms with E-state index in [1.807, 2.05) is 62.4 Å². The molecule has 44 heavy (non-hydrogen) atoms. The molecule has 1 amide bonds. The number of rotatable bonds is 9. The predicted octanol–water partition coefficient (Wildman–Crippen LogP) is 6.04. The number of hydrogen-bond donors (Lipinski definition) is 2. The van der Waals surface area contributed by atoms with Crippen LogP contribution in [0.15, 0.2) is 77.1 Å². The Balaban J connectivity index is 1.63. The summed E-state index contributed by atoms with van der Waals surface area (Å²) in [6.07, 6.45) is 0.820. The highest BCUT2D eigenvalue weighted by molar-refractivity contribution is 6.10. The molecule has 0 saturated heterocycles. The van der Waals surface area contributed by atoms with Gasteiger partial charge in [-0.25, -0.2) is 0 Å². The largest absolute Gasteiger partial charge is 0.493 e. The average Bonchev–Trinajstić information content (AvgIpc) is 3.03. The van der Waals surface area contributed by atoms with E-state index in [4.69, 9.17) is 23.7 Å². The monoisotopic (exact) mass is 598 g/mol. The van der Waals surface area contributed by atoms with Crippen LogP contribution in [0.5, 0.6) is 28.7 Å². The SMILES string of the molecule is COc1ccc([C@@H]2CC(=O)C3=C(C2)NC(C)=C(C(=O)Nc2ccc(C)cc2)[C@H]3c2ccc(OC)c(OC)c2OC)cc1OC. The minimum atomic E-state index is -0.717. The minimum absolute atomic E-state index is 0.0616. The minimum Gasteiger partial charge on any atom is -0.493 e. The third-order valence-corrected chi connectivity index (χ3v) is 8.31. The molecule has 3 aromatic carbocycles. The number of hydrogen-bond acceptors (Lipinski definition) is 8. The maximum Gasteiger partial charge on any atom is 0.254 e. The maximum atomic E-state index is 14.2. The first kappa shape index (κ1) is 30.5. The van der Waals surface area contributed by atoms with E-state index in [0.717, 1.165) is 16.8 Å². The zero-order valence-corrected chi connectivity index (χ0v) is 26.1. The van der Waals surface area contributed by atoms with E-state index in [0.29, 0.717) is 63.3 Å². The van der Waals surface area contributed by atoms with Gasteiger partial charge in [0.05, 0.1) is 41.5 Å². The van der Waals surface area contributed by atoms with Gasteiger partial charge in [0.15, 0.2) is 28.8 Å². The molecule has 0 fully saturated rings. The van der Waals surface area contributed by atoms with E-state index in [9.17, 15) is 9.59 Å². The number of methoxy groups -OCH3 is 5. The molecular weight excluding hydrogens is 560 g/mol. The molecule has 0 saturated carbocycles. The van der Waals surface area contributed by atoms with Crippen LogP contribution in [0.1, 0.15) is 48.3 Å². The van der Waals surface area contributed by atoms with Crippen LogP contribution >= 0.6 is 0 Å². The van der Waals surface area contributed by atoms with Crippen LogP contribution in [-0.4, -0.2) is 47.2 Å². The fourth-order valence-corrected chi connectivity index (χ4v) is 6.18. The molecule has 0 spiro atoms. The topological polar surface area (TPSA) is 104 Å². The molecule has 9 heteroatoms. The van der Waals surface area contributed by atoms with Crippen molar-refractivity contribution in [3.8, 4) is 28.7 Å². The number of anilines is 1. The van der Waals surface area contributed by atoms with Gasteiger partial charge in [-0.1, -0.05) is 29.8 Å². The molecule has 230 valence electrons. The zero-order valence-electron chi connectivity index (χ0n) is 26.1. The second-order valence-electron chi connectivity index (χ2n) is 10.9. The summed E-state index contributed by atoms with van der Waals surface area (Å²) in [7, 11) is 7.80. The molecule has 9 nitrogen and oxygen atoms in total. The molecule has 1 heterocycles. The van der Waals surface area contributed by atoms with E-state index in [1.54, 1.807) is 27.4 Å². The van der Waals surface area contributed by atoms with E-state index >= 15 is 0 Å². The van der Waals surface area contributed by atoms with Crippen LogP contribution in [0.2, 0.25) is 0 Å². The van der Waals surface area contributed by atoms with Crippen LogP contribution in [0.3, 0.4) is 0 Å². The second-order valence-corrected chi connectivity index (χ2v) is 10.9. The number of aryl methyl sites for hydroxylation is 1. The summed E-state index contributed by atoms with van der Waals surface area (Å²) >= 11 is 0. The van der Waals surface area contributed by atoms with E-state index in [1.165, 1.54) is 14.2 Å². The first-order chi connectivity index (χ1) is 21.2. The summed E-state index contributed by atoms with van der Waals surface area (Å²) in [5, 5.41) is 6.47. The summed E-state index contributed by atoms with van der Waals surface area (Å²) in [5.41, 5.74) is 5.71. The molecule has 1 aliphatic carbocycles. The second kappa shape index (κ2) is 12.8. The van der Waals surface area contributed by atoms with Crippen molar-refractivity contribution in [2.45, 2.75) is 38.5 Å². The number of nitrogens with one attached hydrogen (secondary N) is 2. The first-order valence-electron chi connectivity index (χ1n) is 14.4. The number of amides is 1. The number of ether oxygens (including phenoxy) is 5. The number of carbonyl (C=O) groups excluding carboxylic acids is 2. The molecule has 0 radical (unpaired) electrons. The standard InChI is InChI=1S/C35H38N2O7/c1-19-8-11-23(12-9-19)37-35(39)30-20(2)36-25-16-22(21-10-14-27(40-3)29(18-21)42-5)17-26(38)32(25)31(30)24-13-15-28(41-4)34(44-7)33(24)43-6/h8-15,18,22,31,36H,16-17H2,1-7H3,(H,37,39)/t22-,31+/m0/s1. The number of benzene rings is 3. The van der Waals surface area contributed by atoms with Crippen molar-refractivity contribution in [1.82, 2.24) is 5.32 Å². The Labute approximate surface area is 257 Å². The maximum absolute atomic E-state index is 14.2. The Morgan fingerprint density at radius 3 is 2.07 bits per heavy atom. The van der Waals surface area contributed by atoms with Crippen molar-refractivity contribution in [2.24, 2.45) is 0 Å². The molecule has 5 rings (SSSR count). The fraction of sp³-hybridized carbons (Fsp3) is 0.314. The summed E-state index contributed by atoms with van der Waals surface area (Å²) in [6, 6.07) is 16.9. The normalized spacial score (nSPS) is 17.8. The molecule has 2 aliphatic rings. The van der Waals surface area contributed by atoms with Gasteiger partial charge in [0.1, 0.15) is 0 Å². The number of carbonyl (C=O) groups is 2. The van der Waals surface area contributed by atoms with Gasteiger partial charge < -0.3 is 34.3 Å². The van der Waals surface area contributed by atoms with Crippen LogP contribution in [-0.2, 0) is 9.59 Å². The van der Waals surface area contributed by atoms with Crippen LogP contribution in [0.25, 0.3) is 0 Å². The Kier molecular flexibility index (Phi) is 8.85. The zero-order chi connectivity index (χ0) is 31.5. The number of dihydropyridines is 1. The lowest BCUT2D eigenvalue weighted by molar-refractivity contribution is -0.116. The van der Waals surface area contributed by atoms with E-state index in [-0.39, 0.29) is 24.0 Å². The van der Waals surface area contributed by atoms with Crippen molar-refractivity contribution in [3.63, 3.8) is 0 Å². The number of allylic oxidation sites excluding steroid dienone is 3. The van der Waals surface area contributed by atoms with Gasteiger partial charge in [-0.05, 0) is 62.1 Å². The van der Waals surface area contributed by atoms with Gasteiger partial charge >= 0.3 is 0 Å². The molecule has 0 unspecified atom stereocenters. The summed E-state index contributed by atoms with van der Waals surface area (Å²) in [6.45, 7) is 3.85. The molecule has 1 aliphatic heterocycles. The third kappa shape index (κ3) is 5.57. The molecule has 2 N–H and O–H groups in total. The van der Waals surface area contributed by atoms with Crippen molar-refractivity contribution in [1.29, 1.82) is 0 Å². The van der Waals surface area contributed by atoms with E-state index < -0.39 is 5.92 Å². The van der Waals surface area contributed by atoms with Gasteiger partial charge in [-0.15, -0.1) is 0 Å². The Hall–Kier alpha value is -4.92. The third-order valence-electron chi connectivity index (χ3n) is 8.31. The lowest BCUT2D eigenvalue weighted by atomic mass is 9.71. The Bertz CT molecular complexity index is 1660. The van der Waals surface area contributed by atoms with Crippen molar-refractivity contribution in [2.75, 3.05) is 40.9 Å². The van der Waals surface area contributed by atoms with Gasteiger partial charge in [0.25, 0.3) is 5.91 Å². The highest BCUT2D eigenvalue weighted by atomic mass is 16.5. The molecule has 0 aromatic heterocycles. The van der Waals surface area contributed by atoms with Gasteiger partial charge in [0.2, 0.25) is 5.75 Å². The van der Waals surface area contributed by atoms with Crippen LogP contribution < -0.4 is 34.3 Å². The summed E-state index contributed by atoms with van der Waals surface area (Å²) < 4.78 is 28.0. The predicted molar refractivity (Wildman–Crippen MR) is 168 cm³/mol. The Morgan fingerprint density at radius 2 is 1.43 bits per heavy atom. The highest BCUT2D eigenvalue weighted by Crippen LogP contribution is 2.51. The van der Waals surface area contributed by atoms with Gasteiger partial charge in [0, 0.05) is 40.2 Å². The number of Topliss-reactive ketones (excluding diaryl/α,β-unsaturated/α-hetero) is 1. The smallest absolute Gasteiger partial charge is 0.254 e. The highest BCUT2D eigenvalue weighted by Gasteiger charge is 2.43. The van der Waals surface area contributed by atoms with Gasteiger partial charge in [-0.3, -0.25) is 9.59 Å². The molecule has 0 bridgehead atoms. The van der Waals surface area contributed by atoms with E-state index in [2.05, 4.69) is 10.6 Å². The first-order valence-corrected chi connectivity index (χ1v) is 14.4. The summed E-state index contributed by atoms with van der Waals surface area (Å²) in [5.74, 6) is 1.29. The lowest BCUT2D eigenvalue weighted by Crippen LogP contribution is -2.37. The van der Waals surface area contributed by atoms with Crippen molar-refractivity contribution in [3.05, 3.63) is 93.8 Å². The van der Waals surface area contributed by atoms with Crippen LogP contribution in [0.4, 0.5) is 5.69 Å². The lowest BCUT2D eigenvalue weighted by Gasteiger charge is -2.37. The van der Waals surface area contributed by atoms with Crippen molar-refractivity contribution >= 4 is 17.4 Å². The fourth-order valence-electron chi connectivity index (χ4n) is 6.18. The molecular formula is C35H38N2O7. The Morgan fingerprint density at radius 1 is 0.773 bits per heavy atom. The van der Waals surface area contributed by atoms with Crippen molar-refractivity contribution < 1.29 is 33.3 Å². The average molecular weight is 599 g/mol. The van der Waals surface area contributed by atoms with Gasteiger partial charge in [-0.2, -0.15) is 0 Å².